The van der Waals surface area contributed by atoms with Crippen LogP contribution in [0.3, 0.4) is 0 Å². The second-order valence-electron chi connectivity index (χ2n) is 4.96. The zero-order valence-electron chi connectivity index (χ0n) is 11.7. The van der Waals surface area contributed by atoms with Gasteiger partial charge in [-0.3, -0.25) is 0 Å². The molecule has 0 saturated carbocycles. The maximum absolute atomic E-state index is 13.9. The molecule has 2 rings (SSSR count). The Bertz CT molecular complexity index is 761. The molecule has 0 bridgehead atoms. The van der Waals surface area contributed by atoms with Gasteiger partial charge in [-0.15, -0.1) is 0 Å². The Morgan fingerprint density at radius 2 is 0.600 bits per heavy atom. The number of benzene rings is 2. The molecule has 0 fully saturated rings. The first-order valence-corrected chi connectivity index (χ1v) is 7.39. The van der Waals surface area contributed by atoms with Gasteiger partial charge in [0.05, 0.1) is 0 Å². The average molecular weight is 483 g/mol. The first kappa shape index (κ1) is 19.9. The number of rotatable bonds is 2. The van der Waals surface area contributed by atoms with Crippen LogP contribution in [-0.4, -0.2) is 23.0 Å². The Balaban J connectivity index is 2.96. The monoisotopic (exact) mass is 482 g/mol. The van der Waals surface area contributed by atoms with Crippen LogP contribution in [0.4, 0.5) is 43.9 Å². The Morgan fingerprint density at radius 3 is 0.800 bits per heavy atom. The predicted octanol–water partition coefficient (Wildman–Crippen LogP) is 4.51. The van der Waals surface area contributed by atoms with Gasteiger partial charge in [0, 0.05) is 0 Å². The maximum atomic E-state index is 13.9. The first-order valence-electron chi connectivity index (χ1n) is 6.11. The van der Waals surface area contributed by atoms with Crippen molar-refractivity contribution in [1.29, 1.82) is 0 Å². The molecule has 2 radical (unpaired) electrons. The van der Waals surface area contributed by atoms with Gasteiger partial charge < -0.3 is 0 Å². The van der Waals surface area contributed by atoms with Crippen LogP contribution in [0.5, 0.6) is 0 Å². The van der Waals surface area contributed by atoms with Crippen molar-refractivity contribution in [2.75, 3.05) is 0 Å². The summed E-state index contributed by atoms with van der Waals surface area (Å²) in [6, 6.07) is 0. The number of hydrogen-bond donors (Lipinski definition) is 0. The molecule has 0 atom stereocenters. The minimum absolute atomic E-state index is 0.0730. The molecule has 0 spiro atoms. The molecule has 0 aliphatic rings. The van der Waals surface area contributed by atoms with Crippen molar-refractivity contribution in [2.45, 2.75) is 10.3 Å². The molecule has 0 saturated heterocycles. The van der Waals surface area contributed by atoms with Crippen LogP contribution in [0.15, 0.2) is 0 Å². The van der Waals surface area contributed by atoms with E-state index in [0.29, 0.717) is 6.92 Å². The summed E-state index contributed by atoms with van der Waals surface area (Å²) in [5.41, 5.74) is -3.44. The third kappa shape index (κ3) is 2.78. The minimum atomic E-state index is -2.75. The molecule has 0 heterocycles. The molecule has 2 aromatic carbocycles. The normalized spacial score (nSPS) is 12.0. The molecule has 2 aromatic rings. The molecular formula is C14H3F10Sb. The van der Waals surface area contributed by atoms with Crippen molar-refractivity contribution in [1.82, 2.24) is 0 Å². The molecule has 25 heavy (non-hydrogen) atoms. The van der Waals surface area contributed by atoms with Crippen LogP contribution in [0.2, 0.25) is 0 Å². The van der Waals surface area contributed by atoms with Crippen molar-refractivity contribution >= 4 is 23.0 Å². The molecule has 0 aliphatic heterocycles. The average Bonchev–Trinajstić information content (AvgIpc) is 2.54. The summed E-state index contributed by atoms with van der Waals surface area (Å²) in [4.78, 5) is 0. The van der Waals surface area contributed by atoms with Crippen molar-refractivity contribution in [3.05, 3.63) is 69.3 Å². The van der Waals surface area contributed by atoms with Gasteiger partial charge in [-0.2, -0.15) is 0 Å². The van der Waals surface area contributed by atoms with Crippen molar-refractivity contribution < 1.29 is 43.9 Å². The van der Waals surface area contributed by atoms with E-state index in [4.69, 9.17) is 0 Å². The van der Waals surface area contributed by atoms with Gasteiger partial charge in [0.2, 0.25) is 0 Å². The van der Waals surface area contributed by atoms with Gasteiger partial charge in [-0.1, -0.05) is 0 Å². The van der Waals surface area contributed by atoms with Crippen LogP contribution in [-0.2, 0) is 3.36 Å². The Labute approximate surface area is 146 Å². The van der Waals surface area contributed by atoms with E-state index in [2.05, 4.69) is 0 Å². The second-order valence-corrected chi connectivity index (χ2v) is 7.51. The van der Waals surface area contributed by atoms with Gasteiger partial charge in [0.15, 0.2) is 0 Å². The van der Waals surface area contributed by atoms with Crippen LogP contribution in [0, 0.1) is 58.2 Å². The zero-order chi connectivity index (χ0) is 19.4. The van der Waals surface area contributed by atoms with Crippen molar-refractivity contribution in [3.63, 3.8) is 0 Å². The molecule has 0 amide bonds. The molecular weight excluding hydrogens is 480 g/mol. The van der Waals surface area contributed by atoms with Crippen molar-refractivity contribution in [3.8, 4) is 0 Å². The van der Waals surface area contributed by atoms with Crippen LogP contribution < -0.4 is 0 Å². The van der Waals surface area contributed by atoms with E-state index >= 15 is 0 Å². The van der Waals surface area contributed by atoms with E-state index in [0.717, 1.165) is 0 Å². The number of hydrogen-bond acceptors (Lipinski definition) is 0. The molecule has 0 aliphatic carbocycles. The zero-order valence-corrected chi connectivity index (χ0v) is 14.3. The summed E-state index contributed by atoms with van der Waals surface area (Å²) in [6.07, 6.45) is 0. The van der Waals surface area contributed by atoms with Gasteiger partial charge in [-0.05, 0) is 0 Å². The Hall–Kier alpha value is -1.44. The van der Waals surface area contributed by atoms with E-state index in [1.807, 2.05) is 0 Å². The fraction of sp³-hybridized carbons (Fsp3) is 0.143. The van der Waals surface area contributed by atoms with E-state index in [1.165, 1.54) is 0 Å². The van der Waals surface area contributed by atoms with Crippen LogP contribution in [0.1, 0.15) is 18.1 Å². The van der Waals surface area contributed by atoms with Crippen LogP contribution >= 0.6 is 0 Å². The first-order chi connectivity index (χ1) is 11.4. The van der Waals surface area contributed by atoms with E-state index in [-0.39, 0.29) is 23.0 Å². The molecule has 0 N–H and O–H groups in total. The molecule has 134 valence electrons. The van der Waals surface area contributed by atoms with Crippen molar-refractivity contribution in [2.24, 2.45) is 0 Å². The molecule has 0 aromatic heterocycles. The van der Waals surface area contributed by atoms with Gasteiger partial charge in [0.25, 0.3) is 0 Å². The quantitative estimate of drug-likeness (QED) is 0.256. The molecule has 0 unspecified atom stereocenters. The van der Waals surface area contributed by atoms with E-state index in [9.17, 15) is 43.9 Å². The standard InChI is InChI=1S/C14H3F10.Sb/c1-2(3-5(15)9(19)13(23)10(20)6(3)16)4-7(17)11(21)14(24)12(22)8(4)18;/h1H3;. The summed E-state index contributed by atoms with van der Waals surface area (Å²) in [5.74, 6) is -24.5. The van der Waals surface area contributed by atoms with Crippen LogP contribution in [0.25, 0.3) is 0 Å². The molecule has 0 nitrogen and oxygen atoms in total. The predicted molar refractivity (Wildman–Crippen MR) is 64.7 cm³/mol. The van der Waals surface area contributed by atoms with Gasteiger partial charge in [0.1, 0.15) is 0 Å². The molecule has 11 heteroatoms. The summed E-state index contributed by atoms with van der Waals surface area (Å²) in [5, 5.41) is 0. The third-order valence-corrected chi connectivity index (χ3v) is 4.67. The van der Waals surface area contributed by atoms with Gasteiger partial charge >= 0.3 is 147 Å². The summed E-state index contributed by atoms with van der Waals surface area (Å²) in [6.45, 7) is 0.567. The van der Waals surface area contributed by atoms with Gasteiger partial charge in [-0.25, -0.2) is 0 Å². The third-order valence-electron chi connectivity index (χ3n) is 3.39. The Morgan fingerprint density at radius 1 is 0.440 bits per heavy atom. The summed E-state index contributed by atoms with van der Waals surface area (Å²) >= 11 is 0.0730. The number of halogens is 10. The summed E-state index contributed by atoms with van der Waals surface area (Å²) in [7, 11) is 0. The summed E-state index contributed by atoms with van der Waals surface area (Å²) < 4.78 is 132. The second kappa shape index (κ2) is 6.37. The van der Waals surface area contributed by atoms with E-state index in [1.54, 1.807) is 0 Å². The topological polar surface area (TPSA) is 0 Å². The fourth-order valence-electron chi connectivity index (χ4n) is 2.19. The SMILES string of the molecule is C[C]([Sb])(c1c(F)c(F)c(F)c(F)c1F)c1c(F)c(F)c(F)c(F)c1F. The van der Waals surface area contributed by atoms with E-state index < -0.39 is 72.7 Å². The Kier molecular flexibility index (Phi) is 5.07. The fourth-order valence-corrected chi connectivity index (χ4v) is 3.31.